The van der Waals surface area contributed by atoms with E-state index < -0.39 is 39.2 Å². The van der Waals surface area contributed by atoms with Crippen molar-refractivity contribution in [3.05, 3.63) is 82.8 Å². The van der Waals surface area contributed by atoms with Crippen LogP contribution in [-0.4, -0.2) is 54.8 Å². The minimum absolute atomic E-state index is 0.00751. The predicted octanol–water partition coefficient (Wildman–Crippen LogP) is 4.19. The number of pyridine rings is 1. The summed E-state index contributed by atoms with van der Waals surface area (Å²) in [6, 6.07) is 13.7. The van der Waals surface area contributed by atoms with Gasteiger partial charge < -0.3 is 19.5 Å². The number of benzene rings is 2. The van der Waals surface area contributed by atoms with Crippen molar-refractivity contribution >= 4 is 15.9 Å². The average Bonchev–Trinajstić information content (AvgIpc) is 2.83. The summed E-state index contributed by atoms with van der Waals surface area (Å²) in [7, 11) is -3.42. The number of amides is 1. The molecule has 0 atom stereocenters. The maximum atomic E-state index is 13.1. The summed E-state index contributed by atoms with van der Waals surface area (Å²) < 4.78 is 74.5. The molecule has 0 saturated carbocycles. The van der Waals surface area contributed by atoms with Crippen molar-refractivity contribution in [3.63, 3.8) is 0 Å². The van der Waals surface area contributed by atoms with Crippen LogP contribution >= 0.6 is 0 Å². The summed E-state index contributed by atoms with van der Waals surface area (Å²) >= 11 is 0. The molecule has 4 rings (SSSR count). The molecule has 1 aliphatic rings. The zero-order valence-corrected chi connectivity index (χ0v) is 20.8. The Kier molecular flexibility index (Phi) is 7.15. The lowest BCUT2D eigenvalue weighted by atomic mass is 9.83. The lowest BCUT2D eigenvalue weighted by Gasteiger charge is -2.42. The Morgan fingerprint density at radius 1 is 1.03 bits per heavy atom. The molecule has 1 aromatic heterocycles. The van der Waals surface area contributed by atoms with Gasteiger partial charge in [0.1, 0.15) is 17.1 Å². The second-order valence-corrected chi connectivity index (χ2v) is 10.8. The van der Waals surface area contributed by atoms with Crippen LogP contribution in [0.4, 0.5) is 18.0 Å². The molecule has 0 aliphatic carbocycles. The Bertz CT molecular complexity index is 1490. The fourth-order valence-electron chi connectivity index (χ4n) is 4.36. The van der Waals surface area contributed by atoms with E-state index >= 15 is 0 Å². The van der Waals surface area contributed by atoms with Crippen molar-refractivity contribution in [2.24, 2.45) is 0 Å². The number of piperidine rings is 1. The molecule has 1 fully saturated rings. The number of hydrogen-bond acceptors (Lipinski definition) is 6. The van der Waals surface area contributed by atoms with Gasteiger partial charge in [0.05, 0.1) is 4.90 Å². The number of carboxylic acid groups (broad SMARTS) is 1. The van der Waals surface area contributed by atoms with Crippen LogP contribution in [0.15, 0.2) is 76.6 Å². The van der Waals surface area contributed by atoms with E-state index in [0.717, 1.165) is 23.3 Å². The molecule has 13 heteroatoms. The molecule has 0 bridgehead atoms. The maximum Gasteiger partial charge on any atom is 0.573 e. The fourth-order valence-corrected chi connectivity index (χ4v) is 4.99. The van der Waals surface area contributed by atoms with E-state index in [4.69, 9.17) is 4.74 Å². The molecular weight excluding hydrogens is 529 g/mol. The molecule has 1 amide bonds. The van der Waals surface area contributed by atoms with Crippen LogP contribution in [0, 0.1) is 0 Å². The van der Waals surface area contributed by atoms with Crippen LogP contribution in [0.3, 0.4) is 0 Å². The first kappa shape index (κ1) is 27.0. The van der Waals surface area contributed by atoms with E-state index in [1.165, 1.54) is 59.3 Å². The number of hydrogen-bond donors (Lipinski definition) is 1. The molecule has 1 N–H and O–H groups in total. The molecule has 0 spiro atoms. The van der Waals surface area contributed by atoms with E-state index in [0.29, 0.717) is 5.69 Å². The molecule has 1 aliphatic heterocycles. The molecule has 9 nitrogen and oxygen atoms in total. The van der Waals surface area contributed by atoms with E-state index in [1.54, 1.807) is 0 Å². The van der Waals surface area contributed by atoms with E-state index in [-0.39, 0.29) is 42.1 Å². The molecule has 2 aromatic carbocycles. The number of alkyl halides is 3. The SMILES string of the molecule is CS(=O)(=O)c1ccc(-n2ccc(OC3(c4ccccc4OC(F)(F)F)CCN(C(=O)O)CC3)cc2=O)cc1. The van der Waals surface area contributed by atoms with Crippen molar-refractivity contribution in [2.45, 2.75) is 29.7 Å². The second kappa shape index (κ2) is 10.0. The van der Waals surface area contributed by atoms with Gasteiger partial charge in [-0.2, -0.15) is 0 Å². The van der Waals surface area contributed by atoms with E-state index in [2.05, 4.69) is 4.74 Å². The number of rotatable bonds is 6. The Hall–Kier alpha value is -4.00. The average molecular weight is 553 g/mol. The summed E-state index contributed by atoms with van der Waals surface area (Å²) in [5, 5.41) is 9.35. The molecule has 1 saturated heterocycles. The smallest absolute Gasteiger partial charge is 0.482 e. The number of ether oxygens (including phenoxy) is 2. The highest BCUT2D eigenvalue weighted by atomic mass is 32.2. The largest absolute Gasteiger partial charge is 0.573 e. The third-order valence-electron chi connectivity index (χ3n) is 6.19. The number of likely N-dealkylation sites (tertiary alicyclic amines) is 1. The molecule has 0 unspecified atom stereocenters. The highest BCUT2D eigenvalue weighted by Gasteiger charge is 2.43. The van der Waals surface area contributed by atoms with Crippen LogP contribution in [0.2, 0.25) is 0 Å². The van der Waals surface area contributed by atoms with Crippen LogP contribution in [-0.2, 0) is 15.4 Å². The lowest BCUT2D eigenvalue weighted by molar-refractivity contribution is -0.275. The van der Waals surface area contributed by atoms with Crippen LogP contribution < -0.4 is 15.0 Å². The zero-order valence-electron chi connectivity index (χ0n) is 20.0. The summed E-state index contributed by atoms with van der Waals surface area (Å²) in [6.45, 7) is -0.0289. The topological polar surface area (TPSA) is 115 Å². The molecule has 0 radical (unpaired) electrons. The number of aromatic nitrogens is 1. The van der Waals surface area contributed by atoms with E-state index in [1.807, 2.05) is 0 Å². The molecule has 2 heterocycles. The lowest BCUT2D eigenvalue weighted by Crippen LogP contribution is -2.48. The number of para-hydroxylation sites is 1. The van der Waals surface area contributed by atoms with Gasteiger partial charge in [0, 0.05) is 55.7 Å². The molecular formula is C25H23F3N2O7S. The van der Waals surface area contributed by atoms with E-state index in [9.17, 15) is 36.3 Å². The number of nitrogens with zero attached hydrogens (tertiary/aromatic N) is 2. The normalized spacial score (nSPS) is 15.6. The maximum absolute atomic E-state index is 13.1. The summed E-state index contributed by atoms with van der Waals surface area (Å²) in [5.41, 5.74) is -1.48. The van der Waals surface area contributed by atoms with Gasteiger partial charge in [0.15, 0.2) is 9.84 Å². The summed E-state index contributed by atoms with van der Waals surface area (Å²) in [4.78, 5) is 25.6. The minimum atomic E-state index is -4.97. The van der Waals surface area contributed by atoms with Gasteiger partial charge in [-0.15, -0.1) is 13.2 Å². The van der Waals surface area contributed by atoms with Gasteiger partial charge in [-0.1, -0.05) is 18.2 Å². The Morgan fingerprint density at radius 3 is 2.21 bits per heavy atom. The minimum Gasteiger partial charge on any atom is -0.482 e. The van der Waals surface area contributed by atoms with Crippen molar-refractivity contribution in [1.29, 1.82) is 0 Å². The number of halogens is 3. The standard InChI is InChI=1S/C25H23F3N2O7S/c1-38(34,35)19-8-6-17(7-9-19)30-13-10-18(16-22(30)31)36-24(11-14-29(15-12-24)23(32)33)20-4-2-3-5-21(20)37-25(26,27)28/h2-10,13,16H,11-12,14-15H2,1H3,(H,32,33). The highest BCUT2D eigenvalue weighted by Crippen LogP contribution is 2.43. The fraction of sp³-hybridized carbons (Fsp3) is 0.280. The quantitative estimate of drug-likeness (QED) is 0.488. The Morgan fingerprint density at radius 2 is 1.66 bits per heavy atom. The third kappa shape index (κ3) is 5.93. The zero-order chi connectivity index (χ0) is 27.7. The first-order valence-corrected chi connectivity index (χ1v) is 13.2. The number of carbonyl (C=O) groups is 1. The Balaban J connectivity index is 1.70. The second-order valence-electron chi connectivity index (χ2n) is 8.75. The van der Waals surface area contributed by atoms with Gasteiger partial charge in [-0.05, 0) is 36.4 Å². The highest BCUT2D eigenvalue weighted by molar-refractivity contribution is 7.90. The Labute approximate surface area is 215 Å². The summed E-state index contributed by atoms with van der Waals surface area (Å²) in [6.07, 6.45) is -3.66. The monoisotopic (exact) mass is 552 g/mol. The van der Waals surface area contributed by atoms with Crippen LogP contribution in [0.25, 0.3) is 5.69 Å². The first-order valence-electron chi connectivity index (χ1n) is 11.3. The van der Waals surface area contributed by atoms with Crippen molar-refractivity contribution in [2.75, 3.05) is 19.3 Å². The molecule has 202 valence electrons. The molecule has 3 aromatic rings. The molecule has 38 heavy (non-hydrogen) atoms. The predicted molar refractivity (Wildman–Crippen MR) is 129 cm³/mol. The van der Waals surface area contributed by atoms with Crippen molar-refractivity contribution < 1.29 is 41.0 Å². The van der Waals surface area contributed by atoms with Gasteiger partial charge in [0.25, 0.3) is 5.56 Å². The van der Waals surface area contributed by atoms with Crippen molar-refractivity contribution in [1.82, 2.24) is 9.47 Å². The first-order chi connectivity index (χ1) is 17.8. The summed E-state index contributed by atoms with van der Waals surface area (Å²) in [5.74, 6) is -0.423. The van der Waals surface area contributed by atoms with Gasteiger partial charge in [-0.3, -0.25) is 9.36 Å². The number of sulfone groups is 1. The van der Waals surface area contributed by atoms with Gasteiger partial charge >= 0.3 is 12.5 Å². The third-order valence-corrected chi connectivity index (χ3v) is 7.32. The van der Waals surface area contributed by atoms with Gasteiger partial charge in [-0.25, -0.2) is 13.2 Å². The van der Waals surface area contributed by atoms with Crippen LogP contribution in [0.5, 0.6) is 11.5 Å². The van der Waals surface area contributed by atoms with Crippen molar-refractivity contribution in [3.8, 4) is 17.2 Å². The van der Waals surface area contributed by atoms with Crippen LogP contribution in [0.1, 0.15) is 18.4 Å². The van der Waals surface area contributed by atoms with Gasteiger partial charge in [0.2, 0.25) is 0 Å².